The highest BCUT2D eigenvalue weighted by Gasteiger charge is 1.98. The van der Waals surface area contributed by atoms with Crippen molar-refractivity contribution in [2.24, 2.45) is 0 Å². The largest absolute Gasteiger partial charge is 0.398 e. The maximum atomic E-state index is 10.0. The molecule has 0 atom stereocenters. The highest BCUT2D eigenvalue weighted by Crippen LogP contribution is 2.23. The zero-order valence-corrected chi connectivity index (χ0v) is 7.79. The predicted octanol–water partition coefficient (Wildman–Crippen LogP) is 2.52. The van der Waals surface area contributed by atoms with Crippen molar-refractivity contribution in [2.75, 3.05) is 5.73 Å². The van der Waals surface area contributed by atoms with Crippen molar-refractivity contribution in [3.05, 3.63) is 34.9 Å². The van der Waals surface area contributed by atoms with E-state index in [1.807, 2.05) is 0 Å². The van der Waals surface area contributed by atoms with Gasteiger partial charge in [-0.25, -0.2) is 0 Å². The fraction of sp³-hybridized carbons (Fsp3) is 0.100. The fourth-order valence-corrected chi connectivity index (χ4v) is 1.22. The number of allylic oxidation sites excluding steroid dienone is 1. The van der Waals surface area contributed by atoms with Crippen LogP contribution in [0.4, 0.5) is 5.69 Å². The summed E-state index contributed by atoms with van der Waals surface area (Å²) in [5.41, 5.74) is 7.07. The van der Waals surface area contributed by atoms with Crippen LogP contribution in [0.1, 0.15) is 12.0 Å². The lowest BCUT2D eigenvalue weighted by Crippen LogP contribution is -1.89. The van der Waals surface area contributed by atoms with Gasteiger partial charge >= 0.3 is 0 Å². The van der Waals surface area contributed by atoms with Crippen LogP contribution in [0.3, 0.4) is 0 Å². The second kappa shape index (κ2) is 4.67. The molecule has 0 amide bonds. The molecule has 2 N–H and O–H groups in total. The highest BCUT2D eigenvalue weighted by molar-refractivity contribution is 6.32. The Morgan fingerprint density at radius 2 is 2.23 bits per heavy atom. The molecule has 1 rings (SSSR count). The number of aldehydes is 1. The monoisotopic (exact) mass is 195 g/mol. The molecular weight excluding hydrogens is 186 g/mol. The molecule has 2 nitrogen and oxygen atoms in total. The van der Waals surface area contributed by atoms with Gasteiger partial charge < -0.3 is 10.5 Å². The first-order valence-electron chi connectivity index (χ1n) is 3.90. The van der Waals surface area contributed by atoms with Crippen molar-refractivity contribution < 1.29 is 4.79 Å². The Kier molecular flexibility index (Phi) is 3.53. The first-order valence-corrected chi connectivity index (χ1v) is 4.27. The van der Waals surface area contributed by atoms with E-state index in [1.54, 1.807) is 30.4 Å². The average molecular weight is 196 g/mol. The van der Waals surface area contributed by atoms with E-state index in [2.05, 4.69) is 0 Å². The summed E-state index contributed by atoms with van der Waals surface area (Å²) >= 11 is 5.89. The number of hydrogen-bond donors (Lipinski definition) is 1. The number of nitrogens with two attached hydrogens (primary N) is 1. The molecule has 1 aromatic carbocycles. The SMILES string of the molecule is Nc1cccc(Cl)c1C=CCC=O. The van der Waals surface area contributed by atoms with Crippen LogP contribution >= 0.6 is 11.6 Å². The lowest BCUT2D eigenvalue weighted by Gasteiger charge is -2.01. The van der Waals surface area contributed by atoms with Gasteiger partial charge in [-0.05, 0) is 12.1 Å². The van der Waals surface area contributed by atoms with Crippen LogP contribution in [0.2, 0.25) is 5.02 Å². The van der Waals surface area contributed by atoms with Crippen molar-refractivity contribution in [3.8, 4) is 0 Å². The second-order valence-corrected chi connectivity index (χ2v) is 2.95. The number of anilines is 1. The average Bonchev–Trinajstić information content (AvgIpc) is 2.10. The summed E-state index contributed by atoms with van der Waals surface area (Å²) in [6.45, 7) is 0. The number of carbonyl (C=O) groups excluding carboxylic acids is 1. The fourth-order valence-electron chi connectivity index (χ4n) is 0.971. The van der Waals surface area contributed by atoms with Gasteiger partial charge in [0.1, 0.15) is 6.29 Å². The molecule has 0 bridgehead atoms. The number of hydrogen-bond acceptors (Lipinski definition) is 2. The second-order valence-electron chi connectivity index (χ2n) is 2.55. The van der Waals surface area contributed by atoms with E-state index in [1.165, 1.54) is 0 Å². The molecule has 0 spiro atoms. The molecule has 0 fully saturated rings. The molecule has 3 heteroatoms. The first-order chi connectivity index (χ1) is 6.25. The highest BCUT2D eigenvalue weighted by atomic mass is 35.5. The van der Waals surface area contributed by atoms with E-state index in [4.69, 9.17) is 17.3 Å². The van der Waals surface area contributed by atoms with Gasteiger partial charge in [0, 0.05) is 22.7 Å². The summed E-state index contributed by atoms with van der Waals surface area (Å²) in [5, 5.41) is 0.599. The Hall–Kier alpha value is -1.28. The number of rotatable bonds is 3. The minimum Gasteiger partial charge on any atom is -0.398 e. The topological polar surface area (TPSA) is 43.1 Å². The zero-order valence-electron chi connectivity index (χ0n) is 7.03. The number of benzene rings is 1. The van der Waals surface area contributed by atoms with E-state index in [-0.39, 0.29) is 0 Å². The molecule has 0 aromatic heterocycles. The molecule has 0 unspecified atom stereocenters. The smallest absolute Gasteiger partial charge is 0.123 e. The summed E-state index contributed by atoms with van der Waals surface area (Å²) in [5.74, 6) is 0. The van der Waals surface area contributed by atoms with Crippen LogP contribution < -0.4 is 5.73 Å². The lowest BCUT2D eigenvalue weighted by molar-refractivity contribution is -0.107. The van der Waals surface area contributed by atoms with Crippen LogP contribution in [0, 0.1) is 0 Å². The molecule has 1 aromatic rings. The summed E-state index contributed by atoms with van der Waals surface area (Å²) in [4.78, 5) is 10.0. The predicted molar refractivity (Wildman–Crippen MR) is 55.6 cm³/mol. The molecule has 0 saturated heterocycles. The summed E-state index contributed by atoms with van der Waals surface area (Å²) in [6.07, 6.45) is 4.69. The molecule has 0 aliphatic carbocycles. The first kappa shape index (κ1) is 9.81. The Morgan fingerprint density at radius 3 is 2.85 bits per heavy atom. The van der Waals surface area contributed by atoms with Gasteiger partial charge in [-0.15, -0.1) is 0 Å². The van der Waals surface area contributed by atoms with Gasteiger partial charge in [-0.2, -0.15) is 0 Å². The van der Waals surface area contributed by atoms with Crippen LogP contribution in [-0.2, 0) is 4.79 Å². The summed E-state index contributed by atoms with van der Waals surface area (Å²) in [7, 11) is 0. The van der Waals surface area contributed by atoms with Crippen LogP contribution in [0.5, 0.6) is 0 Å². The molecule has 0 saturated carbocycles. The standard InChI is InChI=1S/C10H10ClNO/c11-9-5-3-6-10(12)8(9)4-1-2-7-13/h1,3-7H,2,12H2. The Labute approximate surface area is 82.0 Å². The Balaban J connectivity index is 2.92. The Bertz CT molecular complexity index is 313. The molecule has 0 radical (unpaired) electrons. The molecule has 68 valence electrons. The van der Waals surface area contributed by atoms with E-state index in [0.717, 1.165) is 11.8 Å². The Morgan fingerprint density at radius 1 is 1.46 bits per heavy atom. The van der Waals surface area contributed by atoms with E-state index < -0.39 is 0 Å². The third-order valence-corrected chi connectivity index (χ3v) is 1.93. The number of carbonyl (C=O) groups is 1. The maximum absolute atomic E-state index is 10.0. The van der Waals surface area contributed by atoms with Crippen molar-refractivity contribution in [1.29, 1.82) is 0 Å². The minimum absolute atomic E-state index is 0.380. The number of nitrogen functional groups attached to an aromatic ring is 1. The van der Waals surface area contributed by atoms with Gasteiger partial charge in [-0.1, -0.05) is 29.8 Å². The summed E-state index contributed by atoms with van der Waals surface area (Å²) < 4.78 is 0. The number of halogens is 1. The van der Waals surface area contributed by atoms with Crippen molar-refractivity contribution >= 4 is 29.7 Å². The molecule has 0 heterocycles. The van der Waals surface area contributed by atoms with Crippen molar-refractivity contribution in [1.82, 2.24) is 0 Å². The van der Waals surface area contributed by atoms with Crippen LogP contribution in [0.15, 0.2) is 24.3 Å². The third kappa shape index (κ3) is 2.60. The molecule has 0 aliphatic rings. The zero-order chi connectivity index (χ0) is 9.68. The van der Waals surface area contributed by atoms with Gasteiger partial charge in [-0.3, -0.25) is 0 Å². The summed E-state index contributed by atoms with van der Waals surface area (Å²) in [6, 6.07) is 5.32. The van der Waals surface area contributed by atoms with E-state index in [0.29, 0.717) is 17.1 Å². The lowest BCUT2D eigenvalue weighted by atomic mass is 10.1. The van der Waals surface area contributed by atoms with Gasteiger partial charge in [0.25, 0.3) is 0 Å². The van der Waals surface area contributed by atoms with Crippen molar-refractivity contribution in [3.63, 3.8) is 0 Å². The maximum Gasteiger partial charge on any atom is 0.123 e. The van der Waals surface area contributed by atoms with Gasteiger partial charge in [0.2, 0.25) is 0 Å². The molecule has 13 heavy (non-hydrogen) atoms. The molecule has 0 aliphatic heterocycles. The van der Waals surface area contributed by atoms with Crippen LogP contribution in [-0.4, -0.2) is 6.29 Å². The van der Waals surface area contributed by atoms with Gasteiger partial charge in [0.15, 0.2) is 0 Å². The van der Waals surface area contributed by atoms with E-state index >= 15 is 0 Å². The van der Waals surface area contributed by atoms with Crippen LogP contribution in [0.25, 0.3) is 6.08 Å². The van der Waals surface area contributed by atoms with Gasteiger partial charge in [0.05, 0.1) is 0 Å². The normalized spacial score (nSPS) is 10.5. The third-order valence-electron chi connectivity index (χ3n) is 1.60. The minimum atomic E-state index is 0.380. The van der Waals surface area contributed by atoms with Crippen molar-refractivity contribution in [2.45, 2.75) is 6.42 Å². The van der Waals surface area contributed by atoms with E-state index in [9.17, 15) is 4.79 Å². The molecular formula is C10H10ClNO. The quantitative estimate of drug-likeness (QED) is 0.595.